The number of ether oxygens (including phenoxy) is 1. The molecule has 2 aliphatic rings. The van der Waals surface area contributed by atoms with Crippen LogP contribution in [-0.4, -0.2) is 67.7 Å². The van der Waals surface area contributed by atoms with Crippen molar-refractivity contribution in [3.63, 3.8) is 0 Å². The van der Waals surface area contributed by atoms with Crippen LogP contribution >= 0.6 is 0 Å². The van der Waals surface area contributed by atoms with E-state index in [-0.39, 0.29) is 6.10 Å². The van der Waals surface area contributed by atoms with Crippen LogP contribution in [0.3, 0.4) is 0 Å². The highest BCUT2D eigenvalue weighted by atomic mass is 16.5. The van der Waals surface area contributed by atoms with E-state index in [4.69, 9.17) is 4.74 Å². The van der Waals surface area contributed by atoms with Gasteiger partial charge in [-0.05, 0) is 11.5 Å². The molecular formula is C19H30N4O. The summed E-state index contributed by atoms with van der Waals surface area (Å²) >= 11 is 0. The summed E-state index contributed by atoms with van der Waals surface area (Å²) in [6, 6.07) is 11.2. The predicted octanol–water partition coefficient (Wildman–Crippen LogP) is 1.80. The summed E-state index contributed by atoms with van der Waals surface area (Å²) in [5, 5.41) is 3.49. The average molecular weight is 330 g/mol. The van der Waals surface area contributed by atoms with E-state index in [9.17, 15) is 0 Å². The molecule has 0 spiro atoms. The minimum atomic E-state index is 0.278. The highest BCUT2D eigenvalue weighted by Gasteiger charge is 2.41. The molecule has 2 saturated heterocycles. The molecule has 3 rings (SSSR count). The Labute approximate surface area is 145 Å². The number of guanidine groups is 1. The number of morpholine rings is 1. The molecule has 2 unspecified atom stereocenters. The topological polar surface area (TPSA) is 40.1 Å². The van der Waals surface area contributed by atoms with Gasteiger partial charge in [0.2, 0.25) is 0 Å². The number of nitrogens with zero attached hydrogens (tertiary/aromatic N) is 3. The van der Waals surface area contributed by atoms with E-state index in [1.165, 1.54) is 5.56 Å². The summed E-state index contributed by atoms with van der Waals surface area (Å²) < 4.78 is 6.05. The van der Waals surface area contributed by atoms with Crippen LogP contribution in [0, 0.1) is 5.92 Å². The highest BCUT2D eigenvalue weighted by Crippen LogP contribution is 2.24. The largest absolute Gasteiger partial charge is 0.373 e. The molecule has 5 heteroatoms. The smallest absolute Gasteiger partial charge is 0.193 e. The summed E-state index contributed by atoms with van der Waals surface area (Å²) in [6.45, 7) is 10.1. The third-order valence-corrected chi connectivity index (χ3v) is 4.82. The summed E-state index contributed by atoms with van der Waals surface area (Å²) in [4.78, 5) is 9.38. The SMILES string of the molecule is CN=C(NCC(C)C)N1CC2OCCN(Cc3ccccc3)C2C1. The van der Waals surface area contributed by atoms with Crippen molar-refractivity contribution >= 4 is 5.96 Å². The molecule has 2 fully saturated rings. The number of rotatable bonds is 4. The molecule has 5 nitrogen and oxygen atoms in total. The van der Waals surface area contributed by atoms with E-state index in [0.29, 0.717) is 12.0 Å². The maximum absolute atomic E-state index is 6.05. The average Bonchev–Trinajstić information content (AvgIpc) is 3.01. The summed E-state index contributed by atoms with van der Waals surface area (Å²) in [5.74, 6) is 1.61. The Hall–Kier alpha value is -1.59. The van der Waals surface area contributed by atoms with Gasteiger partial charge < -0.3 is 15.0 Å². The molecule has 0 aromatic heterocycles. The van der Waals surface area contributed by atoms with Crippen LogP contribution in [0.2, 0.25) is 0 Å². The number of nitrogens with one attached hydrogen (secondary N) is 1. The van der Waals surface area contributed by atoms with Gasteiger partial charge in [-0.2, -0.15) is 0 Å². The maximum Gasteiger partial charge on any atom is 0.193 e. The second-order valence-corrected chi connectivity index (χ2v) is 7.16. The van der Waals surface area contributed by atoms with Crippen molar-refractivity contribution in [2.45, 2.75) is 32.5 Å². The molecule has 2 aliphatic heterocycles. The van der Waals surface area contributed by atoms with Crippen LogP contribution in [0.25, 0.3) is 0 Å². The van der Waals surface area contributed by atoms with E-state index >= 15 is 0 Å². The lowest BCUT2D eigenvalue weighted by atomic mass is 10.1. The zero-order valence-corrected chi connectivity index (χ0v) is 15.1. The Balaban J connectivity index is 1.64. The predicted molar refractivity (Wildman–Crippen MR) is 98.2 cm³/mol. The molecule has 1 aromatic rings. The minimum absolute atomic E-state index is 0.278. The lowest BCUT2D eigenvalue weighted by Gasteiger charge is -2.36. The fourth-order valence-corrected chi connectivity index (χ4v) is 3.57. The third-order valence-electron chi connectivity index (χ3n) is 4.82. The van der Waals surface area contributed by atoms with E-state index < -0.39 is 0 Å². The van der Waals surface area contributed by atoms with Crippen molar-refractivity contribution < 1.29 is 4.74 Å². The number of hydrogen-bond donors (Lipinski definition) is 1. The van der Waals surface area contributed by atoms with Gasteiger partial charge in [-0.15, -0.1) is 0 Å². The van der Waals surface area contributed by atoms with E-state index in [0.717, 1.165) is 45.3 Å². The molecule has 24 heavy (non-hydrogen) atoms. The second kappa shape index (κ2) is 7.99. The fraction of sp³-hybridized carbons (Fsp3) is 0.632. The Bertz CT molecular complexity index is 546. The molecule has 2 atom stereocenters. The molecule has 1 aromatic carbocycles. The van der Waals surface area contributed by atoms with Gasteiger partial charge in [-0.25, -0.2) is 0 Å². The lowest BCUT2D eigenvalue weighted by molar-refractivity contribution is -0.0502. The van der Waals surface area contributed by atoms with Crippen LogP contribution in [0.5, 0.6) is 0 Å². The molecular weight excluding hydrogens is 300 g/mol. The molecule has 0 saturated carbocycles. The second-order valence-electron chi connectivity index (χ2n) is 7.16. The van der Waals surface area contributed by atoms with Crippen LogP contribution in [0.4, 0.5) is 0 Å². The monoisotopic (exact) mass is 330 g/mol. The number of aliphatic imine (C=N–C) groups is 1. The van der Waals surface area contributed by atoms with Crippen LogP contribution in [0.1, 0.15) is 19.4 Å². The van der Waals surface area contributed by atoms with Crippen molar-refractivity contribution in [1.29, 1.82) is 0 Å². The fourth-order valence-electron chi connectivity index (χ4n) is 3.57. The highest BCUT2D eigenvalue weighted by molar-refractivity contribution is 5.80. The molecule has 132 valence electrons. The van der Waals surface area contributed by atoms with Gasteiger partial charge in [0.05, 0.1) is 18.8 Å². The Morgan fingerprint density at radius 2 is 2.08 bits per heavy atom. The van der Waals surface area contributed by atoms with Gasteiger partial charge in [-0.3, -0.25) is 9.89 Å². The van der Waals surface area contributed by atoms with E-state index in [1.807, 2.05) is 7.05 Å². The van der Waals surface area contributed by atoms with E-state index in [1.54, 1.807) is 0 Å². The number of fused-ring (bicyclic) bond motifs is 1. The first-order chi connectivity index (χ1) is 11.7. The quantitative estimate of drug-likeness (QED) is 0.675. The number of hydrogen-bond acceptors (Lipinski definition) is 3. The zero-order chi connectivity index (χ0) is 16.9. The van der Waals surface area contributed by atoms with Crippen molar-refractivity contribution in [3.05, 3.63) is 35.9 Å². The number of likely N-dealkylation sites (tertiary alicyclic amines) is 1. The van der Waals surface area contributed by atoms with E-state index in [2.05, 4.69) is 64.3 Å². The van der Waals surface area contributed by atoms with Crippen molar-refractivity contribution in [2.75, 3.05) is 39.8 Å². The van der Waals surface area contributed by atoms with Crippen molar-refractivity contribution in [2.24, 2.45) is 10.9 Å². The maximum atomic E-state index is 6.05. The standard InChI is InChI=1S/C19H30N4O/c1-15(2)11-21-19(20-3)23-13-17-18(14-23)24-10-9-22(17)12-16-7-5-4-6-8-16/h4-8,15,17-18H,9-14H2,1-3H3,(H,20,21). The summed E-state index contributed by atoms with van der Waals surface area (Å²) in [5.41, 5.74) is 1.37. The molecule has 0 amide bonds. The van der Waals surface area contributed by atoms with Gasteiger partial charge in [0, 0.05) is 39.8 Å². The molecule has 0 aliphatic carbocycles. The first kappa shape index (κ1) is 17.2. The van der Waals surface area contributed by atoms with Gasteiger partial charge in [0.1, 0.15) is 0 Å². The molecule has 0 bridgehead atoms. The molecule has 1 N–H and O–H groups in total. The summed E-state index contributed by atoms with van der Waals surface area (Å²) in [6.07, 6.45) is 0.278. The number of benzene rings is 1. The first-order valence-corrected chi connectivity index (χ1v) is 9.02. The third kappa shape index (κ3) is 4.08. The first-order valence-electron chi connectivity index (χ1n) is 9.02. The Morgan fingerprint density at radius 3 is 2.79 bits per heavy atom. The van der Waals surface area contributed by atoms with Crippen molar-refractivity contribution in [3.8, 4) is 0 Å². The van der Waals surface area contributed by atoms with Gasteiger partial charge in [0.15, 0.2) is 5.96 Å². The van der Waals surface area contributed by atoms with Crippen LogP contribution < -0.4 is 5.32 Å². The normalized spacial score (nSPS) is 25.2. The zero-order valence-electron chi connectivity index (χ0n) is 15.1. The van der Waals surface area contributed by atoms with Gasteiger partial charge >= 0.3 is 0 Å². The molecule has 2 heterocycles. The Kier molecular flexibility index (Phi) is 5.74. The minimum Gasteiger partial charge on any atom is -0.373 e. The lowest BCUT2D eigenvalue weighted by Crippen LogP contribution is -2.50. The Morgan fingerprint density at radius 1 is 1.29 bits per heavy atom. The van der Waals surface area contributed by atoms with Crippen molar-refractivity contribution in [1.82, 2.24) is 15.1 Å². The van der Waals surface area contributed by atoms with Gasteiger partial charge in [-0.1, -0.05) is 44.2 Å². The summed E-state index contributed by atoms with van der Waals surface area (Å²) in [7, 11) is 1.87. The van der Waals surface area contributed by atoms with Crippen LogP contribution in [-0.2, 0) is 11.3 Å². The van der Waals surface area contributed by atoms with Crippen LogP contribution in [0.15, 0.2) is 35.3 Å². The molecule has 0 radical (unpaired) electrons. The van der Waals surface area contributed by atoms with Gasteiger partial charge in [0.25, 0.3) is 0 Å².